The van der Waals surface area contributed by atoms with Gasteiger partial charge in [-0.3, -0.25) is 0 Å². The van der Waals surface area contributed by atoms with E-state index in [4.69, 9.17) is 10.7 Å². The number of pyridine rings is 1. The lowest BCUT2D eigenvalue weighted by Gasteiger charge is -2.24. The molecule has 6 heteroatoms. The first-order chi connectivity index (χ1) is 14.2. The Morgan fingerprint density at radius 3 is 2.93 bits per heavy atom. The number of nitrogens with zero attached hydrogens (tertiary/aromatic N) is 2. The Bertz CT molecular complexity index is 992. The monoisotopic (exact) mass is 408 g/mol. The topological polar surface area (TPSA) is 74.4 Å². The van der Waals surface area contributed by atoms with Gasteiger partial charge in [0, 0.05) is 47.4 Å². The van der Waals surface area contributed by atoms with E-state index in [0.717, 1.165) is 59.8 Å². The zero-order chi connectivity index (χ0) is 20.2. The van der Waals surface area contributed by atoms with Crippen LogP contribution in [0.3, 0.4) is 0 Å². The molecule has 1 unspecified atom stereocenters. The first-order valence-corrected chi connectivity index (χ1v) is 11.2. The number of anilines is 2. The van der Waals surface area contributed by atoms with Gasteiger partial charge in [0.05, 0.1) is 11.6 Å². The number of nitrogens with two attached hydrogens (primary N) is 1. The van der Waals surface area contributed by atoms with Gasteiger partial charge >= 0.3 is 0 Å². The van der Waals surface area contributed by atoms with E-state index < -0.39 is 6.10 Å². The highest BCUT2D eigenvalue weighted by atomic mass is 32.2. The smallest absolute Gasteiger partial charge is 0.131 e. The number of aliphatic hydroxyl groups is 1. The third-order valence-corrected chi connectivity index (χ3v) is 6.37. The molecule has 2 aromatic carbocycles. The number of nitrogens with one attached hydrogen (secondary N) is 1. The summed E-state index contributed by atoms with van der Waals surface area (Å²) in [7, 11) is 0. The van der Waals surface area contributed by atoms with Crippen molar-refractivity contribution in [1.82, 2.24) is 4.98 Å². The van der Waals surface area contributed by atoms with Crippen molar-refractivity contribution in [2.24, 2.45) is 5.73 Å². The molecule has 4 N–H and O–H groups in total. The minimum atomic E-state index is -0.505. The third kappa shape index (κ3) is 4.50. The highest BCUT2D eigenvalue weighted by molar-refractivity contribution is 7.99. The maximum Gasteiger partial charge on any atom is 0.131 e. The first kappa shape index (κ1) is 20.0. The summed E-state index contributed by atoms with van der Waals surface area (Å²) in [4.78, 5) is 8.69. The van der Waals surface area contributed by atoms with E-state index in [2.05, 4.69) is 40.5 Å². The number of aromatic nitrogens is 1. The van der Waals surface area contributed by atoms with Gasteiger partial charge in [0.2, 0.25) is 0 Å². The van der Waals surface area contributed by atoms with Gasteiger partial charge in [-0.25, -0.2) is 4.98 Å². The average Bonchev–Trinajstić information content (AvgIpc) is 2.96. The molecule has 4 rings (SSSR count). The Kier molecular flexibility index (Phi) is 6.23. The molecule has 0 amide bonds. The van der Waals surface area contributed by atoms with Crippen molar-refractivity contribution in [1.29, 1.82) is 0 Å². The standard InChI is InChI=1S/C23H28N4OS/c1-16(28)17-7-8-20-19(13-17)21(25-10-4-9-24)14-23(26-20)27-11-12-29-22-6-3-2-5-18(22)15-27/h2-3,5-8,13-14,16,28H,4,9-12,15,24H2,1H3,(H,25,26). The van der Waals surface area contributed by atoms with Gasteiger partial charge in [0.15, 0.2) is 0 Å². The summed E-state index contributed by atoms with van der Waals surface area (Å²) in [6.07, 6.45) is 0.401. The van der Waals surface area contributed by atoms with Gasteiger partial charge in [0.25, 0.3) is 0 Å². The molecule has 0 bridgehead atoms. The molecule has 3 aromatic rings. The molecule has 1 aliphatic heterocycles. The zero-order valence-electron chi connectivity index (χ0n) is 16.8. The summed E-state index contributed by atoms with van der Waals surface area (Å²) in [5.74, 6) is 2.02. The Labute approximate surface area is 176 Å². The number of benzene rings is 2. The normalized spacial score (nSPS) is 15.1. The number of hydrogen-bond donors (Lipinski definition) is 3. The average molecular weight is 409 g/mol. The van der Waals surface area contributed by atoms with Gasteiger partial charge < -0.3 is 21.1 Å². The van der Waals surface area contributed by atoms with Crippen LogP contribution in [0.1, 0.15) is 30.6 Å². The van der Waals surface area contributed by atoms with Gasteiger partial charge in [0.1, 0.15) is 5.82 Å². The van der Waals surface area contributed by atoms with Crippen molar-refractivity contribution in [3.05, 3.63) is 59.7 Å². The molecule has 1 atom stereocenters. The SMILES string of the molecule is CC(O)c1ccc2nc(N3CCSc4ccccc4C3)cc(NCCCN)c2c1. The van der Waals surface area contributed by atoms with Gasteiger partial charge in [-0.2, -0.15) is 0 Å². The molecule has 0 radical (unpaired) electrons. The summed E-state index contributed by atoms with van der Waals surface area (Å²) < 4.78 is 0. The van der Waals surface area contributed by atoms with E-state index in [1.807, 2.05) is 30.0 Å². The second kappa shape index (κ2) is 9.03. The van der Waals surface area contributed by atoms with E-state index in [1.165, 1.54) is 10.5 Å². The summed E-state index contributed by atoms with van der Waals surface area (Å²) in [5.41, 5.74) is 9.91. The predicted molar refractivity (Wildman–Crippen MR) is 123 cm³/mol. The van der Waals surface area contributed by atoms with Crippen molar-refractivity contribution in [3.8, 4) is 0 Å². The van der Waals surface area contributed by atoms with Crippen LogP contribution in [0, 0.1) is 0 Å². The number of hydrogen-bond acceptors (Lipinski definition) is 6. The van der Waals surface area contributed by atoms with E-state index in [9.17, 15) is 5.11 Å². The molecular formula is C23H28N4OS. The highest BCUT2D eigenvalue weighted by Crippen LogP contribution is 2.33. The van der Waals surface area contributed by atoms with E-state index in [1.54, 1.807) is 6.92 Å². The number of thioether (sulfide) groups is 1. The minimum absolute atomic E-state index is 0.505. The minimum Gasteiger partial charge on any atom is -0.389 e. The Balaban J connectivity index is 1.73. The molecule has 29 heavy (non-hydrogen) atoms. The largest absolute Gasteiger partial charge is 0.389 e. The second-order valence-electron chi connectivity index (χ2n) is 7.43. The second-order valence-corrected chi connectivity index (χ2v) is 8.56. The highest BCUT2D eigenvalue weighted by Gasteiger charge is 2.18. The number of aliphatic hydroxyl groups excluding tert-OH is 1. The molecule has 0 saturated heterocycles. The summed E-state index contributed by atoms with van der Waals surface area (Å²) >= 11 is 1.91. The summed E-state index contributed by atoms with van der Waals surface area (Å²) in [6, 6.07) is 16.8. The van der Waals surface area contributed by atoms with Crippen LogP contribution < -0.4 is 16.0 Å². The Morgan fingerprint density at radius 2 is 2.10 bits per heavy atom. The van der Waals surface area contributed by atoms with E-state index in [-0.39, 0.29) is 0 Å². The summed E-state index contributed by atoms with van der Waals surface area (Å²) in [6.45, 7) is 5.06. The van der Waals surface area contributed by atoms with Crippen LogP contribution in [0.25, 0.3) is 10.9 Å². The van der Waals surface area contributed by atoms with Crippen LogP contribution >= 0.6 is 11.8 Å². The summed E-state index contributed by atoms with van der Waals surface area (Å²) in [5, 5.41) is 14.6. The lowest BCUT2D eigenvalue weighted by molar-refractivity contribution is 0.199. The van der Waals surface area contributed by atoms with Crippen molar-refractivity contribution in [2.45, 2.75) is 30.9 Å². The molecule has 1 aliphatic rings. The molecule has 2 heterocycles. The Morgan fingerprint density at radius 1 is 1.24 bits per heavy atom. The molecule has 0 fully saturated rings. The van der Waals surface area contributed by atoms with Crippen molar-refractivity contribution in [3.63, 3.8) is 0 Å². The maximum atomic E-state index is 10.0. The van der Waals surface area contributed by atoms with Gasteiger partial charge in [-0.1, -0.05) is 24.3 Å². The zero-order valence-corrected chi connectivity index (χ0v) is 17.6. The molecule has 0 aliphatic carbocycles. The van der Waals surface area contributed by atoms with E-state index in [0.29, 0.717) is 6.54 Å². The quantitative estimate of drug-likeness (QED) is 0.532. The molecule has 0 spiro atoms. The van der Waals surface area contributed by atoms with Gasteiger partial charge in [-0.05, 0) is 49.2 Å². The van der Waals surface area contributed by atoms with Gasteiger partial charge in [-0.15, -0.1) is 11.8 Å². The maximum absolute atomic E-state index is 10.0. The molecular weight excluding hydrogens is 380 g/mol. The van der Waals surface area contributed by atoms with Crippen LogP contribution in [0.15, 0.2) is 53.4 Å². The lowest BCUT2D eigenvalue weighted by atomic mass is 10.1. The fourth-order valence-electron chi connectivity index (χ4n) is 3.64. The van der Waals surface area contributed by atoms with Crippen LogP contribution in [-0.2, 0) is 6.54 Å². The van der Waals surface area contributed by atoms with Crippen molar-refractivity contribution in [2.75, 3.05) is 35.6 Å². The number of fused-ring (bicyclic) bond motifs is 2. The van der Waals surface area contributed by atoms with Crippen molar-refractivity contribution < 1.29 is 5.11 Å². The first-order valence-electron chi connectivity index (χ1n) is 10.2. The predicted octanol–water partition coefficient (Wildman–Crippen LogP) is 4.16. The van der Waals surface area contributed by atoms with Crippen LogP contribution in [0.4, 0.5) is 11.5 Å². The molecule has 0 saturated carbocycles. The molecule has 5 nitrogen and oxygen atoms in total. The lowest BCUT2D eigenvalue weighted by Crippen LogP contribution is -2.25. The van der Waals surface area contributed by atoms with Crippen LogP contribution in [0.2, 0.25) is 0 Å². The third-order valence-electron chi connectivity index (χ3n) is 5.27. The molecule has 1 aromatic heterocycles. The van der Waals surface area contributed by atoms with E-state index >= 15 is 0 Å². The fourth-order valence-corrected chi connectivity index (χ4v) is 4.67. The van der Waals surface area contributed by atoms with Crippen molar-refractivity contribution >= 4 is 34.2 Å². The fraction of sp³-hybridized carbons (Fsp3) is 0.348. The number of rotatable bonds is 6. The molecule has 152 valence electrons. The van der Waals surface area contributed by atoms with Crippen LogP contribution in [0.5, 0.6) is 0 Å². The van der Waals surface area contributed by atoms with Crippen LogP contribution in [-0.4, -0.2) is 35.5 Å². The Hall–Kier alpha value is -2.28.